The van der Waals surface area contributed by atoms with E-state index in [4.69, 9.17) is 11.6 Å². The molecule has 5 nitrogen and oxygen atoms in total. The summed E-state index contributed by atoms with van der Waals surface area (Å²) in [7, 11) is 0. The van der Waals surface area contributed by atoms with Crippen molar-refractivity contribution in [3.05, 3.63) is 88.7 Å². The van der Waals surface area contributed by atoms with E-state index in [0.717, 1.165) is 28.7 Å². The summed E-state index contributed by atoms with van der Waals surface area (Å²) in [6, 6.07) is 18.7. The zero-order chi connectivity index (χ0) is 23.1. The topological polar surface area (TPSA) is 71.1 Å². The highest BCUT2D eigenvalue weighted by Crippen LogP contribution is 2.28. The van der Waals surface area contributed by atoms with Crippen LogP contribution in [0.25, 0.3) is 11.1 Å². The standard InChI is InChI=1S/C26H28ClN3O2/c1-4-15-29-24(31)23-22(10-7-16-28-23)21-9-6-5-8-18(21)17-30-25(32)26(2,3)19-11-13-20(27)14-12-19/h5-14,16H,4,15,17H2,1-3H3,(H,29,31)(H,30,32). The Morgan fingerprint density at radius 1 is 0.938 bits per heavy atom. The van der Waals surface area contributed by atoms with Gasteiger partial charge in [0.15, 0.2) is 0 Å². The number of halogens is 1. The van der Waals surface area contributed by atoms with Gasteiger partial charge in [-0.1, -0.05) is 61.0 Å². The van der Waals surface area contributed by atoms with Crippen molar-refractivity contribution in [3.8, 4) is 11.1 Å². The van der Waals surface area contributed by atoms with Gasteiger partial charge in [0.1, 0.15) is 5.69 Å². The molecule has 2 N–H and O–H groups in total. The van der Waals surface area contributed by atoms with E-state index in [9.17, 15) is 9.59 Å². The first kappa shape index (κ1) is 23.5. The molecule has 0 aliphatic rings. The number of hydrogen-bond acceptors (Lipinski definition) is 3. The van der Waals surface area contributed by atoms with Crippen molar-refractivity contribution in [1.29, 1.82) is 0 Å². The number of benzene rings is 2. The number of nitrogens with zero attached hydrogens (tertiary/aromatic N) is 1. The number of pyridine rings is 1. The normalized spacial score (nSPS) is 11.1. The van der Waals surface area contributed by atoms with Gasteiger partial charge in [0.05, 0.1) is 5.41 Å². The minimum atomic E-state index is -0.723. The molecule has 0 bridgehead atoms. The predicted molar refractivity (Wildman–Crippen MR) is 129 cm³/mol. The lowest BCUT2D eigenvalue weighted by Gasteiger charge is -2.24. The summed E-state index contributed by atoms with van der Waals surface area (Å²) >= 11 is 5.99. The summed E-state index contributed by atoms with van der Waals surface area (Å²) < 4.78 is 0. The molecule has 166 valence electrons. The maximum Gasteiger partial charge on any atom is 0.270 e. The first-order valence-electron chi connectivity index (χ1n) is 10.7. The lowest BCUT2D eigenvalue weighted by atomic mass is 9.83. The monoisotopic (exact) mass is 449 g/mol. The Balaban J connectivity index is 1.83. The average molecular weight is 450 g/mol. The number of aromatic nitrogens is 1. The smallest absolute Gasteiger partial charge is 0.270 e. The molecule has 2 amide bonds. The second-order valence-electron chi connectivity index (χ2n) is 8.13. The first-order valence-corrected chi connectivity index (χ1v) is 11.1. The van der Waals surface area contributed by atoms with Crippen LogP contribution in [0.1, 0.15) is 48.8 Å². The highest BCUT2D eigenvalue weighted by atomic mass is 35.5. The Morgan fingerprint density at radius 3 is 2.34 bits per heavy atom. The summed E-state index contributed by atoms with van der Waals surface area (Å²) in [5.74, 6) is -0.299. The molecule has 0 spiro atoms. The van der Waals surface area contributed by atoms with Crippen molar-refractivity contribution in [2.24, 2.45) is 0 Å². The maximum absolute atomic E-state index is 13.0. The fourth-order valence-corrected chi connectivity index (χ4v) is 3.58. The number of carbonyl (C=O) groups is 2. The van der Waals surface area contributed by atoms with Crippen LogP contribution in [-0.4, -0.2) is 23.3 Å². The molecule has 1 aromatic heterocycles. The molecule has 0 aliphatic carbocycles. The van der Waals surface area contributed by atoms with E-state index >= 15 is 0 Å². The lowest BCUT2D eigenvalue weighted by molar-refractivity contribution is -0.125. The largest absolute Gasteiger partial charge is 0.351 e. The van der Waals surface area contributed by atoms with Crippen molar-refractivity contribution in [2.75, 3.05) is 6.54 Å². The van der Waals surface area contributed by atoms with E-state index in [1.54, 1.807) is 18.3 Å². The van der Waals surface area contributed by atoms with Crippen LogP contribution in [0, 0.1) is 0 Å². The fraction of sp³-hybridized carbons (Fsp3) is 0.269. The Hall–Kier alpha value is -3.18. The Morgan fingerprint density at radius 2 is 1.62 bits per heavy atom. The predicted octanol–water partition coefficient (Wildman–Crippen LogP) is 5.14. The van der Waals surface area contributed by atoms with Crippen molar-refractivity contribution in [3.63, 3.8) is 0 Å². The molecule has 0 aliphatic heterocycles. The van der Waals surface area contributed by atoms with Crippen LogP contribution in [-0.2, 0) is 16.8 Å². The number of carbonyl (C=O) groups excluding carboxylic acids is 2. The molecule has 0 radical (unpaired) electrons. The van der Waals surface area contributed by atoms with Crippen LogP contribution >= 0.6 is 11.6 Å². The van der Waals surface area contributed by atoms with Gasteiger partial charge in [-0.3, -0.25) is 14.6 Å². The van der Waals surface area contributed by atoms with Gasteiger partial charge in [0.2, 0.25) is 5.91 Å². The number of amides is 2. The molecule has 32 heavy (non-hydrogen) atoms. The summed E-state index contributed by atoms with van der Waals surface area (Å²) in [5, 5.41) is 6.58. The van der Waals surface area contributed by atoms with Crippen molar-refractivity contribution < 1.29 is 9.59 Å². The number of hydrogen-bond donors (Lipinski definition) is 2. The van der Waals surface area contributed by atoms with E-state index in [-0.39, 0.29) is 11.8 Å². The summed E-state index contributed by atoms with van der Waals surface area (Å²) in [4.78, 5) is 30.0. The second-order valence-corrected chi connectivity index (χ2v) is 8.56. The van der Waals surface area contributed by atoms with Crippen LogP contribution in [0.15, 0.2) is 66.9 Å². The minimum Gasteiger partial charge on any atom is -0.351 e. The molecule has 3 aromatic rings. The number of rotatable bonds is 8. The molecule has 0 unspecified atom stereocenters. The highest BCUT2D eigenvalue weighted by molar-refractivity contribution is 6.30. The van der Waals surface area contributed by atoms with Crippen molar-refractivity contribution in [1.82, 2.24) is 15.6 Å². The van der Waals surface area contributed by atoms with E-state index in [2.05, 4.69) is 15.6 Å². The molecule has 0 fully saturated rings. The number of nitrogens with one attached hydrogen (secondary N) is 2. The lowest BCUT2D eigenvalue weighted by Crippen LogP contribution is -2.39. The van der Waals surface area contributed by atoms with Gasteiger partial charge in [0, 0.05) is 29.9 Å². The van der Waals surface area contributed by atoms with Gasteiger partial charge in [-0.05, 0) is 55.2 Å². The zero-order valence-corrected chi connectivity index (χ0v) is 19.4. The first-order chi connectivity index (χ1) is 15.3. The van der Waals surface area contributed by atoms with E-state index in [0.29, 0.717) is 23.8 Å². The van der Waals surface area contributed by atoms with Gasteiger partial charge in [0.25, 0.3) is 5.91 Å². The van der Waals surface area contributed by atoms with Crippen LogP contribution < -0.4 is 10.6 Å². The molecule has 6 heteroatoms. The molecule has 1 heterocycles. The Bertz CT molecular complexity index is 1090. The van der Waals surface area contributed by atoms with Crippen LogP contribution in [0.4, 0.5) is 0 Å². The van der Waals surface area contributed by atoms with Crippen LogP contribution in [0.2, 0.25) is 5.02 Å². The second kappa shape index (κ2) is 10.4. The van der Waals surface area contributed by atoms with Gasteiger partial charge >= 0.3 is 0 Å². The molecule has 0 atom stereocenters. The van der Waals surface area contributed by atoms with Crippen LogP contribution in [0.5, 0.6) is 0 Å². The van der Waals surface area contributed by atoms with Gasteiger partial charge in [-0.25, -0.2) is 0 Å². The summed E-state index contributed by atoms with van der Waals surface area (Å²) in [6.07, 6.45) is 2.46. The molecule has 0 saturated heterocycles. The fourth-order valence-electron chi connectivity index (χ4n) is 3.46. The zero-order valence-electron chi connectivity index (χ0n) is 18.6. The van der Waals surface area contributed by atoms with E-state index in [1.165, 1.54) is 0 Å². The van der Waals surface area contributed by atoms with Gasteiger partial charge in [-0.2, -0.15) is 0 Å². The van der Waals surface area contributed by atoms with E-state index in [1.807, 2.05) is 69.3 Å². The summed E-state index contributed by atoms with van der Waals surface area (Å²) in [5.41, 5.74) is 3.05. The van der Waals surface area contributed by atoms with Gasteiger partial charge in [-0.15, -0.1) is 0 Å². The third-order valence-electron chi connectivity index (χ3n) is 5.44. The Labute approximate surface area is 194 Å². The van der Waals surface area contributed by atoms with Crippen molar-refractivity contribution >= 4 is 23.4 Å². The molecule has 0 saturated carbocycles. The third kappa shape index (κ3) is 5.35. The molecule has 3 rings (SSSR count). The van der Waals surface area contributed by atoms with E-state index < -0.39 is 5.41 Å². The maximum atomic E-state index is 13.0. The van der Waals surface area contributed by atoms with Crippen molar-refractivity contribution in [2.45, 2.75) is 39.2 Å². The third-order valence-corrected chi connectivity index (χ3v) is 5.69. The summed E-state index contributed by atoms with van der Waals surface area (Å²) in [6.45, 7) is 6.69. The quantitative estimate of drug-likeness (QED) is 0.500. The Kier molecular flexibility index (Phi) is 7.65. The minimum absolute atomic E-state index is 0.0956. The molecule has 2 aromatic carbocycles. The average Bonchev–Trinajstić information content (AvgIpc) is 2.81. The van der Waals surface area contributed by atoms with Gasteiger partial charge < -0.3 is 10.6 Å². The molecular weight excluding hydrogens is 422 g/mol. The van der Waals surface area contributed by atoms with Crippen LogP contribution in [0.3, 0.4) is 0 Å². The molecular formula is C26H28ClN3O2. The highest BCUT2D eigenvalue weighted by Gasteiger charge is 2.29. The SMILES string of the molecule is CCCNC(=O)c1ncccc1-c1ccccc1CNC(=O)C(C)(C)c1ccc(Cl)cc1.